The molecule has 0 unspecified atom stereocenters. The summed E-state index contributed by atoms with van der Waals surface area (Å²) in [7, 11) is 0. The van der Waals surface area contributed by atoms with Gasteiger partial charge in [0.05, 0.1) is 16.1 Å². The van der Waals surface area contributed by atoms with Crippen molar-refractivity contribution in [3.8, 4) is 16.9 Å². The second-order valence-electron chi connectivity index (χ2n) is 6.06. The normalized spacial score (nSPS) is 10.8. The molecule has 1 aromatic heterocycles. The van der Waals surface area contributed by atoms with Crippen LogP contribution < -0.4 is 0 Å². The summed E-state index contributed by atoms with van der Waals surface area (Å²) in [5.74, 6) is -0.947. The van der Waals surface area contributed by atoms with Gasteiger partial charge in [-0.05, 0) is 48.5 Å². The fourth-order valence-electron chi connectivity index (χ4n) is 2.75. The van der Waals surface area contributed by atoms with Gasteiger partial charge in [-0.25, -0.2) is 9.48 Å². The Bertz CT molecular complexity index is 1110. The van der Waals surface area contributed by atoms with Gasteiger partial charge < -0.3 is 5.11 Å². The third-order valence-corrected chi connectivity index (χ3v) is 5.43. The average molecular weight is 407 g/mol. The third kappa shape index (κ3) is 3.96. The smallest absolute Gasteiger partial charge is 0.335 e. The number of aromatic carboxylic acids is 1. The Morgan fingerprint density at radius 3 is 2.25 bits per heavy atom. The van der Waals surface area contributed by atoms with Gasteiger partial charge in [-0.3, -0.25) is 0 Å². The molecule has 0 aliphatic rings. The molecule has 1 N–H and O–H groups in total. The summed E-state index contributed by atoms with van der Waals surface area (Å²) in [5.41, 5.74) is 2.85. The van der Waals surface area contributed by atoms with Crippen LogP contribution in [0.4, 0.5) is 0 Å². The SMILES string of the molecule is O=C(O)c1ccc(-c2nn(-c3ccccc3)cc2Sc2ccc(Cl)cc2)cc1. The van der Waals surface area contributed by atoms with E-state index in [1.165, 1.54) is 0 Å². The summed E-state index contributed by atoms with van der Waals surface area (Å²) in [5, 5.41) is 14.6. The van der Waals surface area contributed by atoms with E-state index < -0.39 is 5.97 Å². The van der Waals surface area contributed by atoms with Gasteiger partial charge in [0.25, 0.3) is 0 Å². The van der Waals surface area contributed by atoms with E-state index in [-0.39, 0.29) is 5.56 Å². The van der Waals surface area contributed by atoms with Crippen LogP contribution >= 0.6 is 23.4 Å². The van der Waals surface area contributed by atoms with E-state index in [1.54, 1.807) is 36.0 Å². The van der Waals surface area contributed by atoms with Crippen LogP contribution in [0, 0.1) is 0 Å². The summed E-state index contributed by atoms with van der Waals surface area (Å²) >= 11 is 7.58. The molecular formula is C22H15ClN2O2S. The van der Waals surface area contributed by atoms with Crippen LogP contribution in [0.2, 0.25) is 5.02 Å². The standard InChI is InChI=1S/C22H15ClN2O2S/c23-17-10-12-19(13-11-17)28-20-14-25(18-4-2-1-3-5-18)24-21(20)15-6-8-16(9-7-15)22(26)27/h1-14H,(H,26,27). The molecule has 0 radical (unpaired) electrons. The maximum atomic E-state index is 11.1. The second kappa shape index (κ2) is 7.92. The maximum absolute atomic E-state index is 11.1. The number of hydrogen-bond acceptors (Lipinski definition) is 3. The summed E-state index contributed by atoms with van der Waals surface area (Å²) < 4.78 is 1.83. The van der Waals surface area contributed by atoms with Gasteiger partial charge in [0.2, 0.25) is 0 Å². The molecule has 0 bridgehead atoms. The van der Waals surface area contributed by atoms with Gasteiger partial charge in [0, 0.05) is 21.7 Å². The van der Waals surface area contributed by atoms with Crippen molar-refractivity contribution in [2.45, 2.75) is 9.79 Å². The number of benzene rings is 3. The number of para-hydroxylation sites is 1. The number of halogens is 1. The molecule has 0 atom stereocenters. The highest BCUT2D eigenvalue weighted by Crippen LogP contribution is 2.36. The number of carboxylic acids is 1. The van der Waals surface area contributed by atoms with Crippen molar-refractivity contribution < 1.29 is 9.90 Å². The van der Waals surface area contributed by atoms with E-state index in [1.807, 2.05) is 65.5 Å². The predicted octanol–water partition coefficient (Wildman–Crippen LogP) is 6.04. The Kier molecular flexibility index (Phi) is 5.19. The molecule has 0 saturated carbocycles. The Morgan fingerprint density at radius 1 is 0.929 bits per heavy atom. The van der Waals surface area contributed by atoms with Crippen LogP contribution in [0.3, 0.4) is 0 Å². The van der Waals surface area contributed by atoms with Crippen molar-refractivity contribution in [2.75, 3.05) is 0 Å². The molecule has 0 saturated heterocycles. The lowest BCUT2D eigenvalue weighted by molar-refractivity contribution is 0.0697. The molecule has 3 aromatic carbocycles. The van der Waals surface area contributed by atoms with Crippen molar-refractivity contribution in [3.63, 3.8) is 0 Å². The number of hydrogen-bond donors (Lipinski definition) is 1. The highest BCUT2D eigenvalue weighted by molar-refractivity contribution is 7.99. The molecule has 6 heteroatoms. The van der Waals surface area contributed by atoms with Crippen LogP contribution in [-0.4, -0.2) is 20.9 Å². The number of carboxylic acid groups (broad SMARTS) is 1. The van der Waals surface area contributed by atoms with Crippen LogP contribution in [-0.2, 0) is 0 Å². The monoisotopic (exact) mass is 406 g/mol. The minimum absolute atomic E-state index is 0.248. The highest BCUT2D eigenvalue weighted by atomic mass is 35.5. The van der Waals surface area contributed by atoms with E-state index in [4.69, 9.17) is 21.8 Å². The number of aromatic nitrogens is 2. The Labute approximate surface area is 171 Å². The summed E-state index contributed by atoms with van der Waals surface area (Å²) in [4.78, 5) is 13.1. The first-order chi connectivity index (χ1) is 13.6. The van der Waals surface area contributed by atoms with Gasteiger partial charge in [0.15, 0.2) is 0 Å². The first-order valence-electron chi connectivity index (χ1n) is 8.52. The number of carbonyl (C=O) groups is 1. The highest BCUT2D eigenvalue weighted by Gasteiger charge is 2.14. The van der Waals surface area contributed by atoms with E-state index >= 15 is 0 Å². The van der Waals surface area contributed by atoms with Crippen LogP contribution in [0.25, 0.3) is 16.9 Å². The summed E-state index contributed by atoms with van der Waals surface area (Å²) in [6.07, 6.45) is 1.98. The first-order valence-corrected chi connectivity index (χ1v) is 9.72. The molecule has 0 spiro atoms. The fraction of sp³-hybridized carbons (Fsp3) is 0. The minimum atomic E-state index is -0.947. The fourth-order valence-corrected chi connectivity index (χ4v) is 3.81. The summed E-state index contributed by atoms with van der Waals surface area (Å²) in [6, 6.07) is 24.2. The van der Waals surface area contributed by atoms with Crippen molar-refractivity contribution in [1.82, 2.24) is 9.78 Å². The minimum Gasteiger partial charge on any atom is -0.478 e. The zero-order chi connectivity index (χ0) is 19.5. The second-order valence-corrected chi connectivity index (χ2v) is 7.61. The average Bonchev–Trinajstić information content (AvgIpc) is 3.14. The predicted molar refractivity (Wildman–Crippen MR) is 112 cm³/mol. The maximum Gasteiger partial charge on any atom is 0.335 e. The largest absolute Gasteiger partial charge is 0.478 e. The molecule has 28 heavy (non-hydrogen) atoms. The Morgan fingerprint density at radius 2 is 1.61 bits per heavy atom. The van der Waals surface area contributed by atoms with Gasteiger partial charge in [0.1, 0.15) is 5.69 Å². The van der Waals surface area contributed by atoms with Crippen LogP contribution in [0.1, 0.15) is 10.4 Å². The van der Waals surface area contributed by atoms with Crippen molar-refractivity contribution in [1.29, 1.82) is 0 Å². The van der Waals surface area contributed by atoms with Crippen molar-refractivity contribution in [3.05, 3.63) is 95.6 Å². The molecular weight excluding hydrogens is 392 g/mol. The summed E-state index contributed by atoms with van der Waals surface area (Å²) in [6.45, 7) is 0. The van der Waals surface area contributed by atoms with Crippen molar-refractivity contribution in [2.24, 2.45) is 0 Å². The lowest BCUT2D eigenvalue weighted by atomic mass is 10.1. The lowest BCUT2D eigenvalue weighted by Crippen LogP contribution is -1.96. The number of rotatable bonds is 5. The van der Waals surface area contributed by atoms with Crippen LogP contribution in [0.15, 0.2) is 94.9 Å². The molecule has 0 amide bonds. The molecule has 0 fully saturated rings. The van der Waals surface area contributed by atoms with E-state index in [0.29, 0.717) is 5.02 Å². The topological polar surface area (TPSA) is 55.1 Å². The Balaban J connectivity index is 1.77. The van der Waals surface area contributed by atoms with Crippen LogP contribution in [0.5, 0.6) is 0 Å². The molecule has 0 aliphatic carbocycles. The molecule has 4 nitrogen and oxygen atoms in total. The van der Waals surface area contributed by atoms with Gasteiger partial charge in [-0.1, -0.05) is 53.7 Å². The first kappa shape index (κ1) is 18.3. The lowest BCUT2D eigenvalue weighted by Gasteiger charge is -2.03. The molecule has 4 rings (SSSR count). The van der Waals surface area contributed by atoms with Gasteiger partial charge in [-0.2, -0.15) is 5.10 Å². The van der Waals surface area contributed by atoms with E-state index in [9.17, 15) is 4.79 Å². The van der Waals surface area contributed by atoms with Crippen molar-refractivity contribution >= 4 is 29.3 Å². The zero-order valence-corrected chi connectivity index (χ0v) is 16.2. The van der Waals surface area contributed by atoms with E-state index in [2.05, 4.69) is 0 Å². The molecule has 4 aromatic rings. The van der Waals surface area contributed by atoms with Gasteiger partial charge in [-0.15, -0.1) is 0 Å². The quantitative estimate of drug-likeness (QED) is 0.438. The molecule has 1 heterocycles. The Hall–Kier alpha value is -3.02. The molecule has 0 aliphatic heterocycles. The number of nitrogens with zero attached hydrogens (tertiary/aromatic N) is 2. The van der Waals surface area contributed by atoms with Gasteiger partial charge >= 0.3 is 5.97 Å². The zero-order valence-electron chi connectivity index (χ0n) is 14.6. The van der Waals surface area contributed by atoms with E-state index in [0.717, 1.165) is 26.7 Å². The molecule has 138 valence electrons. The third-order valence-electron chi connectivity index (χ3n) is 4.15.